The first-order valence-electron chi connectivity index (χ1n) is 8.95. The van der Waals surface area contributed by atoms with Crippen molar-refractivity contribution in [1.29, 1.82) is 0 Å². The molecule has 4 aromatic rings. The minimum atomic E-state index is -0.939. The number of benzene rings is 1. The normalized spacial score (nSPS) is 10.9. The Bertz CT molecular complexity index is 1150. The third kappa shape index (κ3) is 4.38. The van der Waals surface area contributed by atoms with Crippen LogP contribution in [0.5, 0.6) is 0 Å². The number of thioether (sulfide) groups is 1. The largest absolute Gasteiger partial charge is 0.477 e. The van der Waals surface area contributed by atoms with Crippen molar-refractivity contribution >= 4 is 45.1 Å². The smallest absolute Gasteiger partial charge is 0.346 e. The van der Waals surface area contributed by atoms with Crippen molar-refractivity contribution in [2.45, 2.75) is 24.1 Å². The number of nitrogens with zero attached hydrogens (tertiary/aromatic N) is 3. The van der Waals surface area contributed by atoms with E-state index in [1.54, 1.807) is 24.2 Å². The predicted octanol–water partition coefficient (Wildman–Crippen LogP) is 5.00. The molecule has 0 spiro atoms. The van der Waals surface area contributed by atoms with Gasteiger partial charge in [0.25, 0.3) is 0 Å². The molecule has 1 aromatic carbocycles. The van der Waals surface area contributed by atoms with Crippen molar-refractivity contribution in [1.82, 2.24) is 15.0 Å². The van der Waals surface area contributed by atoms with Gasteiger partial charge in [0.15, 0.2) is 0 Å². The van der Waals surface area contributed by atoms with E-state index in [4.69, 9.17) is 4.98 Å². The first-order valence-corrected chi connectivity index (χ1v) is 10.8. The van der Waals surface area contributed by atoms with Crippen LogP contribution in [0.15, 0.2) is 59.8 Å². The highest BCUT2D eigenvalue weighted by Gasteiger charge is 2.20. The molecule has 0 saturated carbocycles. The monoisotopic (exact) mass is 422 g/mol. The van der Waals surface area contributed by atoms with Gasteiger partial charge >= 0.3 is 5.97 Å². The zero-order chi connectivity index (χ0) is 20.2. The number of hydrogen-bond donors (Lipinski definition) is 2. The summed E-state index contributed by atoms with van der Waals surface area (Å²) in [7, 11) is 0. The van der Waals surface area contributed by atoms with E-state index in [2.05, 4.69) is 15.3 Å². The Morgan fingerprint density at radius 1 is 1.14 bits per heavy atom. The molecule has 8 heteroatoms. The fourth-order valence-electron chi connectivity index (χ4n) is 2.93. The molecule has 0 aliphatic heterocycles. The van der Waals surface area contributed by atoms with Gasteiger partial charge in [-0.1, -0.05) is 18.2 Å². The summed E-state index contributed by atoms with van der Waals surface area (Å²) in [6.07, 6.45) is 3.49. The second-order valence-corrected chi connectivity index (χ2v) is 8.39. The van der Waals surface area contributed by atoms with E-state index in [1.807, 2.05) is 49.4 Å². The lowest BCUT2D eigenvalue weighted by Gasteiger charge is -2.10. The first-order chi connectivity index (χ1) is 14.1. The number of rotatable bonds is 7. The van der Waals surface area contributed by atoms with Gasteiger partial charge in [-0.3, -0.25) is 4.98 Å². The minimum Gasteiger partial charge on any atom is -0.477 e. The van der Waals surface area contributed by atoms with Gasteiger partial charge < -0.3 is 10.4 Å². The average Bonchev–Trinajstić information content (AvgIpc) is 3.09. The molecule has 0 aliphatic rings. The number of aromatic carboxylic acids is 1. The number of thiophene rings is 1. The molecule has 4 rings (SSSR count). The van der Waals surface area contributed by atoms with Crippen LogP contribution in [0.1, 0.15) is 26.6 Å². The number of aromatic nitrogens is 3. The highest BCUT2D eigenvalue weighted by Crippen LogP contribution is 2.35. The number of carboxylic acids is 1. The quantitative estimate of drug-likeness (QED) is 0.405. The Morgan fingerprint density at radius 2 is 1.90 bits per heavy atom. The van der Waals surface area contributed by atoms with Gasteiger partial charge in [0.05, 0.1) is 11.1 Å². The van der Waals surface area contributed by atoms with E-state index in [0.717, 1.165) is 15.8 Å². The van der Waals surface area contributed by atoms with Gasteiger partial charge in [-0.2, -0.15) is 0 Å². The zero-order valence-corrected chi connectivity index (χ0v) is 17.3. The maximum absolute atomic E-state index is 11.6. The number of hydrogen-bond acceptors (Lipinski definition) is 7. The molecule has 0 unspecified atom stereocenters. The molecule has 0 amide bonds. The van der Waals surface area contributed by atoms with E-state index in [1.165, 1.54) is 11.3 Å². The summed E-state index contributed by atoms with van der Waals surface area (Å²) in [5.41, 5.74) is 1.76. The summed E-state index contributed by atoms with van der Waals surface area (Å²) < 4.78 is 0. The standard InChI is InChI=1S/C21H18N4O2S2/c1-13-17-19(23-11-14-7-9-22-10-8-14)24-16(12-28-15-5-3-2-4-6-15)25-20(17)29-18(13)21(26)27/h2-10H,11-12H2,1H3,(H,26,27)(H,23,24,25). The maximum atomic E-state index is 11.6. The number of nitrogens with one attached hydrogen (secondary N) is 1. The van der Waals surface area contributed by atoms with Crippen LogP contribution < -0.4 is 5.32 Å². The van der Waals surface area contributed by atoms with Crippen molar-refractivity contribution in [3.63, 3.8) is 0 Å². The van der Waals surface area contributed by atoms with E-state index in [9.17, 15) is 9.90 Å². The van der Waals surface area contributed by atoms with Crippen LogP contribution in [-0.4, -0.2) is 26.0 Å². The molecule has 2 N–H and O–H groups in total. The van der Waals surface area contributed by atoms with Gasteiger partial charge in [0, 0.05) is 23.8 Å². The Kier molecular flexibility index (Phi) is 5.73. The minimum absolute atomic E-state index is 0.300. The summed E-state index contributed by atoms with van der Waals surface area (Å²) in [5.74, 6) is 0.993. The van der Waals surface area contributed by atoms with Crippen LogP contribution in [0, 0.1) is 6.92 Å². The van der Waals surface area contributed by atoms with E-state index in [0.29, 0.717) is 39.2 Å². The van der Waals surface area contributed by atoms with Crippen molar-refractivity contribution in [3.8, 4) is 0 Å². The summed E-state index contributed by atoms with van der Waals surface area (Å²) in [6, 6.07) is 13.9. The van der Waals surface area contributed by atoms with Crippen LogP contribution in [0.25, 0.3) is 10.2 Å². The van der Waals surface area contributed by atoms with Crippen LogP contribution in [-0.2, 0) is 12.3 Å². The van der Waals surface area contributed by atoms with Gasteiger partial charge in [0.2, 0.25) is 0 Å². The second-order valence-electron chi connectivity index (χ2n) is 6.34. The molecule has 0 saturated heterocycles. The van der Waals surface area contributed by atoms with Crippen LogP contribution in [0.4, 0.5) is 5.82 Å². The molecular formula is C21H18N4O2S2. The van der Waals surface area contributed by atoms with Gasteiger partial charge in [-0.05, 0) is 42.3 Å². The Hall–Kier alpha value is -2.97. The first kappa shape index (κ1) is 19.4. The molecular weight excluding hydrogens is 404 g/mol. The highest BCUT2D eigenvalue weighted by atomic mass is 32.2. The van der Waals surface area contributed by atoms with Crippen molar-refractivity contribution < 1.29 is 9.90 Å². The highest BCUT2D eigenvalue weighted by molar-refractivity contribution is 7.98. The van der Waals surface area contributed by atoms with E-state index >= 15 is 0 Å². The SMILES string of the molecule is Cc1c(C(=O)O)sc2nc(CSc3ccccc3)nc(NCc3ccncc3)c12. The lowest BCUT2D eigenvalue weighted by atomic mass is 10.2. The zero-order valence-electron chi connectivity index (χ0n) is 15.6. The average molecular weight is 423 g/mol. The predicted molar refractivity (Wildman–Crippen MR) is 117 cm³/mol. The molecule has 0 atom stereocenters. The third-order valence-corrected chi connectivity index (χ3v) is 6.53. The van der Waals surface area contributed by atoms with Crippen LogP contribution in [0.2, 0.25) is 0 Å². The second kappa shape index (κ2) is 8.59. The molecule has 0 bridgehead atoms. The summed E-state index contributed by atoms with van der Waals surface area (Å²) in [5, 5.41) is 13.7. The topological polar surface area (TPSA) is 88.0 Å². The van der Waals surface area contributed by atoms with Crippen LogP contribution >= 0.6 is 23.1 Å². The fourth-order valence-corrected chi connectivity index (χ4v) is 4.74. The molecule has 0 aliphatic carbocycles. The molecule has 6 nitrogen and oxygen atoms in total. The van der Waals surface area contributed by atoms with Gasteiger partial charge in [0.1, 0.15) is 21.3 Å². The molecule has 0 fully saturated rings. The summed E-state index contributed by atoms with van der Waals surface area (Å²) in [4.78, 5) is 27.1. The van der Waals surface area contributed by atoms with Gasteiger partial charge in [-0.15, -0.1) is 23.1 Å². The molecule has 3 heterocycles. The van der Waals surface area contributed by atoms with Gasteiger partial charge in [-0.25, -0.2) is 14.8 Å². The number of carboxylic acid groups (broad SMARTS) is 1. The summed E-state index contributed by atoms with van der Waals surface area (Å²) in [6.45, 7) is 2.37. The van der Waals surface area contributed by atoms with Crippen molar-refractivity contribution in [3.05, 3.63) is 76.7 Å². The Labute approximate surface area is 176 Å². The number of pyridine rings is 1. The number of fused-ring (bicyclic) bond motifs is 1. The fraction of sp³-hybridized carbons (Fsp3) is 0.143. The molecule has 3 aromatic heterocycles. The Balaban J connectivity index is 1.68. The molecule has 29 heavy (non-hydrogen) atoms. The van der Waals surface area contributed by atoms with Crippen molar-refractivity contribution in [2.24, 2.45) is 0 Å². The number of carbonyl (C=O) groups is 1. The summed E-state index contributed by atoms with van der Waals surface area (Å²) >= 11 is 2.84. The number of anilines is 1. The lowest BCUT2D eigenvalue weighted by molar-refractivity contribution is 0.0701. The maximum Gasteiger partial charge on any atom is 0.346 e. The van der Waals surface area contributed by atoms with Crippen molar-refractivity contribution in [2.75, 3.05) is 5.32 Å². The van der Waals surface area contributed by atoms with E-state index in [-0.39, 0.29) is 0 Å². The van der Waals surface area contributed by atoms with E-state index < -0.39 is 5.97 Å². The Morgan fingerprint density at radius 3 is 2.62 bits per heavy atom. The van der Waals surface area contributed by atoms with Crippen LogP contribution in [0.3, 0.4) is 0 Å². The molecule has 146 valence electrons. The molecule has 0 radical (unpaired) electrons. The number of aryl methyl sites for hydroxylation is 1. The lowest BCUT2D eigenvalue weighted by Crippen LogP contribution is -2.05. The third-order valence-electron chi connectivity index (χ3n) is 4.35.